The minimum absolute atomic E-state index is 0.202. The van der Waals surface area contributed by atoms with E-state index in [0.717, 1.165) is 27.9 Å². The molecular weight excluding hydrogens is 328 g/mol. The average molecular weight is 348 g/mol. The number of hydrogen-bond acceptors (Lipinski definition) is 6. The lowest BCUT2D eigenvalue weighted by Crippen LogP contribution is -2.42. The van der Waals surface area contributed by atoms with Gasteiger partial charge in [-0.1, -0.05) is 12.1 Å². The van der Waals surface area contributed by atoms with E-state index in [0.29, 0.717) is 4.91 Å². The molecule has 128 valence electrons. The van der Waals surface area contributed by atoms with Crippen molar-refractivity contribution in [3.05, 3.63) is 34.7 Å². The molecule has 0 spiro atoms. The Hall–Kier alpha value is -2.28. The molecule has 1 saturated heterocycles. The van der Waals surface area contributed by atoms with Gasteiger partial charge >= 0.3 is 5.97 Å². The third-order valence-corrected chi connectivity index (χ3v) is 4.43. The first kappa shape index (κ1) is 18.1. The van der Waals surface area contributed by atoms with E-state index in [2.05, 4.69) is 0 Å². The number of carbonyl (C=O) groups excluding carboxylic acids is 3. The minimum atomic E-state index is -0.931. The molecule has 0 N–H and O–H groups in total. The van der Waals surface area contributed by atoms with Crippen LogP contribution in [0, 0.1) is 0 Å². The third-order valence-electron chi connectivity index (χ3n) is 3.55. The van der Waals surface area contributed by atoms with Gasteiger partial charge < -0.3 is 9.64 Å². The number of nitrogens with zero attached hydrogens (tertiary/aromatic N) is 2. The number of thioether (sulfide) groups is 1. The lowest BCUT2D eigenvalue weighted by Gasteiger charge is -2.19. The van der Waals surface area contributed by atoms with Crippen molar-refractivity contribution in [3.63, 3.8) is 0 Å². The summed E-state index contributed by atoms with van der Waals surface area (Å²) in [7, 11) is 3.88. The fourth-order valence-electron chi connectivity index (χ4n) is 2.20. The van der Waals surface area contributed by atoms with E-state index in [-0.39, 0.29) is 6.61 Å². The largest absolute Gasteiger partial charge is 0.464 e. The zero-order valence-electron chi connectivity index (χ0n) is 14.1. The van der Waals surface area contributed by atoms with Crippen LogP contribution >= 0.6 is 11.8 Å². The van der Waals surface area contributed by atoms with Crippen LogP contribution in [-0.4, -0.2) is 48.8 Å². The van der Waals surface area contributed by atoms with Gasteiger partial charge in [-0.25, -0.2) is 4.79 Å². The molecule has 0 saturated carbocycles. The van der Waals surface area contributed by atoms with E-state index in [1.165, 1.54) is 6.92 Å². The molecule has 0 aromatic heterocycles. The predicted octanol–water partition coefficient (Wildman–Crippen LogP) is 2.74. The van der Waals surface area contributed by atoms with Crippen molar-refractivity contribution in [1.29, 1.82) is 0 Å². The lowest BCUT2D eigenvalue weighted by molar-refractivity contribution is -0.150. The molecule has 1 aromatic rings. The highest BCUT2D eigenvalue weighted by atomic mass is 32.2. The van der Waals surface area contributed by atoms with Crippen LogP contribution in [0.15, 0.2) is 29.2 Å². The zero-order chi connectivity index (χ0) is 17.9. The monoisotopic (exact) mass is 348 g/mol. The van der Waals surface area contributed by atoms with Gasteiger partial charge in [0.15, 0.2) is 0 Å². The van der Waals surface area contributed by atoms with E-state index in [1.807, 2.05) is 43.3 Å². The van der Waals surface area contributed by atoms with Crippen molar-refractivity contribution in [2.75, 3.05) is 25.6 Å². The number of rotatable bonds is 5. The highest BCUT2D eigenvalue weighted by Crippen LogP contribution is 2.34. The van der Waals surface area contributed by atoms with Crippen molar-refractivity contribution in [3.8, 4) is 0 Å². The average Bonchev–Trinajstić information content (AvgIpc) is 2.81. The molecule has 6 nitrogen and oxygen atoms in total. The fraction of sp³-hybridized carbons (Fsp3) is 0.353. The van der Waals surface area contributed by atoms with Gasteiger partial charge in [0.1, 0.15) is 6.04 Å². The van der Waals surface area contributed by atoms with Gasteiger partial charge in [-0.15, -0.1) is 0 Å². The van der Waals surface area contributed by atoms with Gasteiger partial charge in [0.2, 0.25) is 0 Å². The molecule has 1 aliphatic rings. The highest BCUT2D eigenvalue weighted by Gasteiger charge is 2.41. The predicted molar refractivity (Wildman–Crippen MR) is 94.7 cm³/mol. The van der Waals surface area contributed by atoms with Crippen molar-refractivity contribution in [1.82, 2.24) is 4.90 Å². The number of anilines is 1. The Morgan fingerprint density at radius 2 is 1.92 bits per heavy atom. The number of amides is 2. The molecule has 7 heteroatoms. The fourth-order valence-corrected chi connectivity index (χ4v) is 3.11. The number of imide groups is 1. The van der Waals surface area contributed by atoms with Crippen molar-refractivity contribution >= 4 is 40.6 Å². The normalized spacial score (nSPS) is 17.3. The molecule has 0 bridgehead atoms. The minimum Gasteiger partial charge on any atom is -0.464 e. The van der Waals surface area contributed by atoms with Gasteiger partial charge in [0.05, 0.1) is 11.5 Å². The van der Waals surface area contributed by atoms with Crippen LogP contribution in [-0.2, 0) is 14.3 Å². The van der Waals surface area contributed by atoms with Crippen LogP contribution < -0.4 is 4.90 Å². The molecule has 0 unspecified atom stereocenters. The van der Waals surface area contributed by atoms with E-state index in [4.69, 9.17) is 4.74 Å². The van der Waals surface area contributed by atoms with Crippen molar-refractivity contribution in [2.24, 2.45) is 0 Å². The van der Waals surface area contributed by atoms with E-state index in [9.17, 15) is 14.4 Å². The third kappa shape index (κ3) is 3.79. The maximum Gasteiger partial charge on any atom is 0.329 e. The van der Waals surface area contributed by atoms with Gasteiger partial charge in [0.25, 0.3) is 11.1 Å². The summed E-state index contributed by atoms with van der Waals surface area (Å²) in [6.07, 6.45) is 1.65. The molecule has 1 atom stereocenters. The quantitative estimate of drug-likeness (QED) is 0.602. The second kappa shape index (κ2) is 7.53. The summed E-state index contributed by atoms with van der Waals surface area (Å²) in [5.74, 6) is -1.06. The summed E-state index contributed by atoms with van der Waals surface area (Å²) in [6.45, 7) is 3.37. The summed E-state index contributed by atoms with van der Waals surface area (Å²) in [5.41, 5.74) is 1.85. The summed E-state index contributed by atoms with van der Waals surface area (Å²) >= 11 is 0.831. The molecule has 24 heavy (non-hydrogen) atoms. The molecule has 0 aliphatic carbocycles. The second-order valence-corrected chi connectivity index (χ2v) is 6.46. The van der Waals surface area contributed by atoms with Gasteiger partial charge in [-0.3, -0.25) is 14.5 Å². The summed E-state index contributed by atoms with van der Waals surface area (Å²) in [5, 5.41) is -0.461. The molecular formula is C17H20N2O4S. The number of benzene rings is 1. The van der Waals surface area contributed by atoms with Crippen molar-refractivity contribution in [2.45, 2.75) is 19.9 Å². The Labute approximate surface area is 145 Å². The van der Waals surface area contributed by atoms with Crippen LogP contribution in [0.5, 0.6) is 0 Å². The van der Waals surface area contributed by atoms with Gasteiger partial charge in [-0.2, -0.15) is 0 Å². The van der Waals surface area contributed by atoms with Crippen molar-refractivity contribution < 1.29 is 19.1 Å². The van der Waals surface area contributed by atoms with Crippen LogP contribution in [0.25, 0.3) is 6.08 Å². The van der Waals surface area contributed by atoms with Crippen LogP contribution in [0.4, 0.5) is 10.5 Å². The lowest BCUT2D eigenvalue weighted by atomic mass is 10.2. The molecule has 0 radical (unpaired) electrons. The molecule has 1 aromatic carbocycles. The maximum atomic E-state index is 12.4. The van der Waals surface area contributed by atoms with E-state index >= 15 is 0 Å². The number of esters is 1. The molecule has 1 fully saturated rings. The summed E-state index contributed by atoms with van der Waals surface area (Å²) in [4.78, 5) is 39.5. The first-order valence-electron chi connectivity index (χ1n) is 7.56. The molecule has 1 aliphatic heterocycles. The molecule has 1 heterocycles. The summed E-state index contributed by atoms with van der Waals surface area (Å²) in [6, 6.07) is 6.67. The number of ether oxygens (including phenoxy) is 1. The Bertz CT molecular complexity index is 682. The second-order valence-electron chi connectivity index (χ2n) is 5.47. The van der Waals surface area contributed by atoms with E-state index < -0.39 is 23.2 Å². The zero-order valence-corrected chi connectivity index (χ0v) is 14.9. The molecule has 2 rings (SSSR count). The van der Waals surface area contributed by atoms with Gasteiger partial charge in [-0.05, 0) is 49.4 Å². The first-order valence-corrected chi connectivity index (χ1v) is 8.38. The van der Waals surface area contributed by atoms with Crippen LogP contribution in [0.3, 0.4) is 0 Å². The van der Waals surface area contributed by atoms with Crippen LogP contribution in [0.1, 0.15) is 19.4 Å². The Kier molecular flexibility index (Phi) is 5.66. The Balaban J connectivity index is 2.19. The van der Waals surface area contributed by atoms with E-state index in [1.54, 1.807) is 13.0 Å². The SMILES string of the molecule is CCOC(=O)[C@@H](C)N1C(=O)S/C(=C/c2ccc(N(C)C)cc2)C1=O. The topological polar surface area (TPSA) is 66.9 Å². The highest BCUT2D eigenvalue weighted by molar-refractivity contribution is 8.18. The smallest absolute Gasteiger partial charge is 0.329 e. The first-order chi connectivity index (χ1) is 11.3. The standard InChI is InChI=1S/C17H20N2O4S/c1-5-23-16(21)11(2)19-15(20)14(24-17(19)22)10-12-6-8-13(9-7-12)18(3)4/h6-11H,5H2,1-4H3/b14-10+/t11-/m1/s1. The summed E-state index contributed by atoms with van der Waals surface area (Å²) < 4.78 is 4.88. The molecule has 2 amide bonds. The number of carbonyl (C=O) groups is 3. The van der Waals surface area contributed by atoms with Crippen LogP contribution in [0.2, 0.25) is 0 Å². The Morgan fingerprint density at radius 3 is 2.46 bits per heavy atom. The van der Waals surface area contributed by atoms with Gasteiger partial charge in [0, 0.05) is 19.8 Å². The Morgan fingerprint density at radius 1 is 1.29 bits per heavy atom. The maximum absolute atomic E-state index is 12.4. The number of hydrogen-bond donors (Lipinski definition) is 0.